The minimum absolute atomic E-state index is 0.149. The van der Waals surface area contributed by atoms with E-state index >= 15 is 0 Å². The Morgan fingerprint density at radius 3 is 3.00 bits per heavy atom. The van der Waals surface area contributed by atoms with Crippen molar-refractivity contribution < 1.29 is 0 Å². The van der Waals surface area contributed by atoms with Gasteiger partial charge < -0.3 is 10.2 Å². The molecule has 2 aliphatic heterocycles. The molecule has 18 heavy (non-hydrogen) atoms. The highest BCUT2D eigenvalue weighted by molar-refractivity contribution is 7.11. The first-order chi connectivity index (χ1) is 8.69. The highest BCUT2D eigenvalue weighted by Crippen LogP contribution is 2.44. The van der Waals surface area contributed by atoms with E-state index in [1.807, 2.05) is 11.3 Å². The number of nitrogens with zero attached hydrogens (tertiary/aromatic N) is 2. The van der Waals surface area contributed by atoms with Crippen LogP contribution in [0.15, 0.2) is 0 Å². The van der Waals surface area contributed by atoms with Gasteiger partial charge in [-0.05, 0) is 45.7 Å². The number of thiazole rings is 1. The summed E-state index contributed by atoms with van der Waals surface area (Å²) in [7, 11) is 2.12. The van der Waals surface area contributed by atoms with E-state index in [1.165, 1.54) is 48.1 Å². The van der Waals surface area contributed by atoms with Gasteiger partial charge in [-0.15, -0.1) is 11.3 Å². The molecule has 0 saturated carbocycles. The Bertz CT molecular complexity index is 442. The molecule has 2 bridgehead atoms. The molecule has 1 N–H and O–H groups in total. The van der Waals surface area contributed by atoms with Crippen molar-refractivity contribution in [3.05, 3.63) is 15.6 Å². The van der Waals surface area contributed by atoms with Crippen LogP contribution in [0.2, 0.25) is 0 Å². The lowest BCUT2D eigenvalue weighted by atomic mass is 9.79. The Hall–Kier alpha value is -0.450. The fourth-order valence-electron chi connectivity index (χ4n) is 3.64. The molecule has 0 spiro atoms. The van der Waals surface area contributed by atoms with Crippen LogP contribution in [0.5, 0.6) is 0 Å². The number of rotatable bonds is 3. The molecule has 0 radical (unpaired) electrons. The van der Waals surface area contributed by atoms with Gasteiger partial charge in [0.1, 0.15) is 5.01 Å². The molecule has 3 nitrogen and oxygen atoms in total. The van der Waals surface area contributed by atoms with Crippen molar-refractivity contribution >= 4 is 11.3 Å². The van der Waals surface area contributed by atoms with Gasteiger partial charge in [0, 0.05) is 18.0 Å². The van der Waals surface area contributed by atoms with Gasteiger partial charge in [-0.2, -0.15) is 0 Å². The molecule has 0 amide bonds. The predicted octanol–water partition coefficient (Wildman–Crippen LogP) is 2.15. The van der Waals surface area contributed by atoms with E-state index in [2.05, 4.69) is 31.1 Å². The molecule has 2 fully saturated rings. The third-order valence-electron chi connectivity index (χ3n) is 4.85. The number of aryl methyl sites for hydroxylation is 2. The summed E-state index contributed by atoms with van der Waals surface area (Å²) in [5.74, 6) is 0.742. The molecule has 2 saturated heterocycles. The molecule has 3 heterocycles. The maximum absolute atomic E-state index is 4.95. The highest BCUT2D eigenvalue weighted by Gasteiger charge is 2.48. The highest BCUT2D eigenvalue weighted by atomic mass is 32.1. The van der Waals surface area contributed by atoms with Crippen LogP contribution in [0.3, 0.4) is 0 Å². The van der Waals surface area contributed by atoms with Crippen LogP contribution in [0.25, 0.3) is 0 Å². The summed E-state index contributed by atoms with van der Waals surface area (Å²) >= 11 is 1.91. The minimum atomic E-state index is 0.149. The fraction of sp³-hybridized carbons (Fsp3) is 0.786. The van der Waals surface area contributed by atoms with Crippen LogP contribution < -0.4 is 5.32 Å². The summed E-state index contributed by atoms with van der Waals surface area (Å²) in [6.07, 6.45) is 3.59. The van der Waals surface area contributed by atoms with Gasteiger partial charge in [-0.3, -0.25) is 0 Å². The van der Waals surface area contributed by atoms with Gasteiger partial charge in [0.15, 0.2) is 0 Å². The lowest BCUT2D eigenvalue weighted by Crippen LogP contribution is -2.52. The van der Waals surface area contributed by atoms with Crippen LogP contribution in [-0.2, 0) is 12.0 Å². The Balaban J connectivity index is 1.99. The van der Waals surface area contributed by atoms with Crippen LogP contribution in [0.1, 0.15) is 35.3 Å². The first-order valence-electron chi connectivity index (χ1n) is 7.07. The van der Waals surface area contributed by atoms with Crippen LogP contribution in [-0.4, -0.2) is 36.6 Å². The average molecular weight is 265 g/mol. The van der Waals surface area contributed by atoms with Gasteiger partial charge in [0.2, 0.25) is 0 Å². The van der Waals surface area contributed by atoms with Gasteiger partial charge in [-0.1, -0.05) is 6.92 Å². The van der Waals surface area contributed by atoms with Crippen molar-refractivity contribution in [1.29, 1.82) is 0 Å². The first-order valence-corrected chi connectivity index (χ1v) is 7.89. The first kappa shape index (κ1) is 12.6. The quantitative estimate of drug-likeness (QED) is 0.908. The summed E-state index contributed by atoms with van der Waals surface area (Å²) in [6.45, 7) is 8.17. The molecule has 1 aromatic heterocycles. The fourth-order valence-corrected chi connectivity index (χ4v) is 4.95. The second-order valence-electron chi connectivity index (χ2n) is 5.63. The van der Waals surface area contributed by atoms with Gasteiger partial charge in [-0.25, -0.2) is 4.98 Å². The molecule has 0 aromatic carbocycles. The van der Waals surface area contributed by atoms with Crippen LogP contribution >= 0.6 is 11.3 Å². The lowest BCUT2D eigenvalue weighted by molar-refractivity contribution is 0.138. The van der Waals surface area contributed by atoms with Crippen molar-refractivity contribution in [2.24, 2.45) is 5.92 Å². The Morgan fingerprint density at radius 1 is 1.50 bits per heavy atom. The Kier molecular flexibility index (Phi) is 3.20. The zero-order valence-electron chi connectivity index (χ0n) is 11.6. The van der Waals surface area contributed by atoms with E-state index in [0.717, 1.165) is 12.3 Å². The van der Waals surface area contributed by atoms with Crippen LogP contribution in [0, 0.1) is 12.8 Å². The predicted molar refractivity (Wildman–Crippen MR) is 76.1 cm³/mol. The number of hydrogen-bond donors (Lipinski definition) is 1. The van der Waals surface area contributed by atoms with Crippen molar-refractivity contribution in [3.8, 4) is 0 Å². The Labute approximate surface area is 114 Å². The second kappa shape index (κ2) is 4.58. The van der Waals surface area contributed by atoms with Crippen molar-refractivity contribution in [1.82, 2.24) is 15.2 Å². The SMILES string of the molecule is CCc1nc(C2(NC)CCN3CCC2C3)sc1C. The number of aromatic nitrogens is 1. The minimum Gasteiger partial charge on any atom is -0.308 e. The number of fused-ring (bicyclic) bond motifs is 2. The van der Waals surface area contributed by atoms with Crippen LogP contribution in [0.4, 0.5) is 0 Å². The number of nitrogens with one attached hydrogen (secondary N) is 1. The second-order valence-corrected chi connectivity index (χ2v) is 6.84. The largest absolute Gasteiger partial charge is 0.308 e. The molecule has 3 atom stereocenters. The average Bonchev–Trinajstić information content (AvgIpc) is 2.96. The summed E-state index contributed by atoms with van der Waals surface area (Å²) in [5, 5.41) is 4.99. The third-order valence-corrected chi connectivity index (χ3v) is 6.04. The molecule has 4 heteroatoms. The smallest absolute Gasteiger partial charge is 0.114 e. The van der Waals surface area contributed by atoms with E-state index in [1.54, 1.807) is 0 Å². The number of piperidine rings is 1. The lowest BCUT2D eigenvalue weighted by Gasteiger charge is -2.41. The van der Waals surface area contributed by atoms with Gasteiger partial charge >= 0.3 is 0 Å². The zero-order valence-corrected chi connectivity index (χ0v) is 12.4. The molecule has 2 aliphatic rings. The third kappa shape index (κ3) is 1.74. The number of hydrogen-bond acceptors (Lipinski definition) is 4. The van der Waals surface area contributed by atoms with Gasteiger partial charge in [0.25, 0.3) is 0 Å². The normalized spacial score (nSPS) is 35.1. The van der Waals surface area contributed by atoms with Crippen molar-refractivity contribution in [3.63, 3.8) is 0 Å². The summed E-state index contributed by atoms with van der Waals surface area (Å²) in [6, 6.07) is 0. The standard InChI is InChI=1S/C14H23N3S/c1-4-12-10(2)18-13(16-12)14(15-3)6-8-17-7-5-11(14)9-17/h11,15H,4-9H2,1-3H3. The van der Waals surface area contributed by atoms with Crippen molar-refractivity contribution in [2.45, 2.75) is 38.6 Å². The zero-order chi connectivity index (χ0) is 12.8. The summed E-state index contributed by atoms with van der Waals surface area (Å²) in [5.41, 5.74) is 1.45. The Morgan fingerprint density at radius 2 is 2.33 bits per heavy atom. The van der Waals surface area contributed by atoms with E-state index in [-0.39, 0.29) is 5.54 Å². The maximum atomic E-state index is 4.95. The molecule has 1 aromatic rings. The molecule has 3 rings (SSSR count). The molecule has 3 unspecified atom stereocenters. The van der Waals surface area contributed by atoms with E-state index in [4.69, 9.17) is 4.98 Å². The summed E-state index contributed by atoms with van der Waals surface area (Å²) < 4.78 is 0. The monoisotopic (exact) mass is 265 g/mol. The maximum Gasteiger partial charge on any atom is 0.114 e. The van der Waals surface area contributed by atoms with Gasteiger partial charge in [0.05, 0.1) is 11.2 Å². The van der Waals surface area contributed by atoms with Crippen molar-refractivity contribution in [2.75, 3.05) is 26.7 Å². The van der Waals surface area contributed by atoms with E-state index in [0.29, 0.717) is 0 Å². The molecular formula is C14H23N3S. The summed E-state index contributed by atoms with van der Waals surface area (Å²) in [4.78, 5) is 8.95. The van der Waals surface area contributed by atoms with E-state index < -0.39 is 0 Å². The topological polar surface area (TPSA) is 28.2 Å². The van der Waals surface area contributed by atoms with E-state index in [9.17, 15) is 0 Å². The molecule has 100 valence electrons. The molecule has 0 aliphatic carbocycles. The molecular weight excluding hydrogens is 242 g/mol.